The molecule has 250 valence electrons. The van der Waals surface area contributed by atoms with Crippen molar-refractivity contribution in [1.29, 1.82) is 0 Å². The Kier molecular flexibility index (Phi) is 9.23. The number of hydrogen-bond acceptors (Lipinski definition) is 10. The number of ether oxygens (including phenoxy) is 2. The lowest BCUT2D eigenvalue weighted by molar-refractivity contribution is -0.119. The number of aromatic nitrogens is 4. The third-order valence-corrected chi connectivity index (χ3v) is 10.6. The van der Waals surface area contributed by atoms with E-state index in [0.29, 0.717) is 82.0 Å². The molecule has 0 spiro atoms. The maximum atomic E-state index is 11.5. The molecule has 3 aliphatic heterocycles. The fourth-order valence-electron chi connectivity index (χ4n) is 7.23. The van der Waals surface area contributed by atoms with E-state index in [1.165, 1.54) is 0 Å². The smallest absolute Gasteiger partial charge is 0.237 e. The third-order valence-electron chi connectivity index (χ3n) is 9.74. The molecule has 5 heterocycles. The monoisotopic (exact) mass is 689 g/mol. The number of halogens is 2. The van der Waals surface area contributed by atoms with Crippen molar-refractivity contribution >= 4 is 29.1 Å². The minimum Gasteiger partial charge on any atom is -0.480 e. The molecule has 4 aliphatic rings. The molecule has 1 atom stereocenters. The zero-order valence-electron chi connectivity index (χ0n) is 26.8. The van der Waals surface area contributed by atoms with Gasteiger partial charge in [0.25, 0.3) is 0 Å². The minimum absolute atomic E-state index is 0.0837. The van der Waals surface area contributed by atoms with Crippen molar-refractivity contribution in [3.63, 3.8) is 0 Å². The average molecular weight is 691 g/mol. The Balaban J connectivity index is 1.13. The van der Waals surface area contributed by atoms with Gasteiger partial charge in [0.1, 0.15) is 11.4 Å². The number of rotatable bonds is 12. The number of fused-ring (bicyclic) bond motifs is 1. The number of aliphatic hydroxyl groups excluding tert-OH is 1. The van der Waals surface area contributed by atoms with Crippen molar-refractivity contribution in [2.45, 2.75) is 50.4 Å². The lowest BCUT2D eigenvalue weighted by Crippen LogP contribution is -2.48. The first kappa shape index (κ1) is 32.7. The summed E-state index contributed by atoms with van der Waals surface area (Å²) < 4.78 is 11.3. The first-order valence-corrected chi connectivity index (χ1v) is 16.8. The second kappa shape index (κ2) is 13.6. The summed E-state index contributed by atoms with van der Waals surface area (Å²) in [6, 6.07) is 11.5. The van der Waals surface area contributed by atoms with E-state index in [0.717, 1.165) is 42.6 Å². The van der Waals surface area contributed by atoms with Crippen LogP contribution in [0.2, 0.25) is 10.0 Å². The topological polar surface area (TPSA) is 135 Å². The zero-order valence-corrected chi connectivity index (χ0v) is 28.3. The van der Waals surface area contributed by atoms with Crippen molar-refractivity contribution in [2.24, 2.45) is 5.92 Å². The van der Waals surface area contributed by atoms with Crippen LogP contribution in [0.3, 0.4) is 0 Å². The highest BCUT2D eigenvalue weighted by Crippen LogP contribution is 2.51. The predicted octanol–water partition coefficient (Wildman–Crippen LogP) is 4.92. The van der Waals surface area contributed by atoms with Crippen molar-refractivity contribution < 1.29 is 19.4 Å². The summed E-state index contributed by atoms with van der Waals surface area (Å²) >= 11 is 14.1. The Bertz CT molecular complexity index is 1850. The highest BCUT2D eigenvalue weighted by Gasteiger charge is 2.55. The van der Waals surface area contributed by atoms with Gasteiger partial charge in [0.2, 0.25) is 17.7 Å². The Labute approximate surface area is 289 Å². The maximum Gasteiger partial charge on any atom is 0.237 e. The van der Waals surface area contributed by atoms with Crippen LogP contribution in [0.25, 0.3) is 33.6 Å². The van der Waals surface area contributed by atoms with Crippen LogP contribution in [0.15, 0.2) is 48.8 Å². The molecular formula is C35H37Cl2N7O4. The molecule has 4 aromatic rings. The van der Waals surface area contributed by atoms with Crippen LogP contribution in [-0.4, -0.2) is 81.3 Å². The average Bonchev–Trinajstić information content (AvgIpc) is 3.77. The van der Waals surface area contributed by atoms with E-state index < -0.39 is 0 Å². The molecule has 13 heteroatoms. The van der Waals surface area contributed by atoms with Crippen molar-refractivity contribution in [3.05, 3.63) is 70.2 Å². The van der Waals surface area contributed by atoms with Gasteiger partial charge in [-0.15, -0.1) is 0 Å². The largest absolute Gasteiger partial charge is 0.480 e. The second-order valence-electron chi connectivity index (χ2n) is 12.7. The SMILES string of the molecule is COc1nc(-c2cccc(-c3cccc(-c4cnc(CN5CC6CC5(CO)C6)c(OC)n4)c3Cl)c2Cl)cnc1CNC[C@@H]1CCC(=O)N1. The number of carbonyl (C=O) groups excluding carboxylic acids is 1. The van der Waals surface area contributed by atoms with Gasteiger partial charge in [-0.25, -0.2) is 9.97 Å². The number of nitrogens with one attached hydrogen (secondary N) is 2. The number of amides is 1. The van der Waals surface area contributed by atoms with Crippen LogP contribution in [-0.2, 0) is 17.9 Å². The molecule has 8 rings (SSSR count). The van der Waals surface area contributed by atoms with E-state index in [1.807, 2.05) is 36.4 Å². The second-order valence-corrected chi connectivity index (χ2v) is 13.5. The fourth-order valence-corrected chi connectivity index (χ4v) is 7.88. The first-order chi connectivity index (χ1) is 23.3. The standard InChI is InChI=1S/C35H37Cl2N7O4/c1-47-33-28(14-38-13-21-9-10-30(46)41-21)39-15-26(42-33)24-7-3-5-22(31(24)36)23-6-4-8-25(32(23)37)27-16-40-29(34(43-27)48-2)18-44-17-20-11-35(44,12-20)19-45/h3-8,15-16,20-21,38,45H,9-14,17-19H2,1-2H3,(H,41,46)/t20?,21-,35?/m0/s1. The van der Waals surface area contributed by atoms with Gasteiger partial charge in [-0.3, -0.25) is 19.7 Å². The summed E-state index contributed by atoms with van der Waals surface area (Å²) in [5.41, 5.74) is 5.20. The van der Waals surface area contributed by atoms with Crippen molar-refractivity contribution in [1.82, 2.24) is 35.5 Å². The van der Waals surface area contributed by atoms with E-state index in [2.05, 4.69) is 20.5 Å². The number of nitrogens with zero attached hydrogens (tertiary/aromatic N) is 5. The van der Waals surface area contributed by atoms with Gasteiger partial charge in [0.15, 0.2) is 0 Å². The molecule has 2 bridgehead atoms. The molecule has 0 radical (unpaired) electrons. The summed E-state index contributed by atoms with van der Waals surface area (Å²) in [7, 11) is 3.15. The molecule has 1 amide bonds. The van der Waals surface area contributed by atoms with Crippen LogP contribution in [0, 0.1) is 5.92 Å². The van der Waals surface area contributed by atoms with Crippen LogP contribution in [0.4, 0.5) is 0 Å². The normalized spacial score (nSPS) is 21.6. The Hall–Kier alpha value is -3.87. The number of benzene rings is 2. The third kappa shape index (κ3) is 6.10. The molecule has 3 N–H and O–H groups in total. The molecule has 4 fully saturated rings. The Morgan fingerprint density at radius 1 is 0.938 bits per heavy atom. The summed E-state index contributed by atoms with van der Waals surface area (Å²) in [5.74, 6) is 1.54. The lowest BCUT2D eigenvalue weighted by atomic mass is 9.74. The van der Waals surface area contributed by atoms with Crippen LogP contribution >= 0.6 is 23.2 Å². The summed E-state index contributed by atoms with van der Waals surface area (Å²) in [4.78, 5) is 32.7. The number of carbonyl (C=O) groups is 1. The van der Waals surface area contributed by atoms with E-state index in [-0.39, 0.29) is 24.1 Å². The minimum atomic E-state index is -0.145. The van der Waals surface area contributed by atoms with E-state index in [1.54, 1.807) is 26.6 Å². The van der Waals surface area contributed by atoms with Gasteiger partial charge in [0.05, 0.1) is 54.7 Å². The van der Waals surface area contributed by atoms with Crippen molar-refractivity contribution in [2.75, 3.05) is 33.9 Å². The molecule has 48 heavy (non-hydrogen) atoms. The molecule has 11 nitrogen and oxygen atoms in total. The molecule has 1 aliphatic carbocycles. The van der Waals surface area contributed by atoms with Crippen LogP contribution in [0.5, 0.6) is 11.8 Å². The van der Waals surface area contributed by atoms with Gasteiger partial charge in [-0.2, -0.15) is 0 Å². The molecule has 1 saturated carbocycles. The fraction of sp³-hybridized carbons (Fsp3) is 0.400. The van der Waals surface area contributed by atoms with Crippen molar-refractivity contribution in [3.8, 4) is 45.4 Å². The van der Waals surface area contributed by atoms with Gasteiger partial charge in [-0.05, 0) is 25.2 Å². The number of aliphatic hydroxyl groups is 1. The molecule has 3 saturated heterocycles. The summed E-state index contributed by atoms with van der Waals surface area (Å²) in [6.07, 6.45) is 6.81. The highest BCUT2D eigenvalue weighted by molar-refractivity contribution is 6.39. The van der Waals surface area contributed by atoms with E-state index in [4.69, 9.17) is 47.6 Å². The quantitative estimate of drug-likeness (QED) is 0.188. The predicted molar refractivity (Wildman–Crippen MR) is 183 cm³/mol. The van der Waals surface area contributed by atoms with E-state index in [9.17, 15) is 9.90 Å². The first-order valence-electron chi connectivity index (χ1n) is 16.1. The molecule has 2 aromatic heterocycles. The Morgan fingerprint density at radius 3 is 2.08 bits per heavy atom. The van der Waals surface area contributed by atoms with Gasteiger partial charge in [-0.1, -0.05) is 59.6 Å². The highest BCUT2D eigenvalue weighted by atomic mass is 35.5. The molecule has 2 aromatic carbocycles. The lowest BCUT2D eigenvalue weighted by Gasteiger charge is -2.40. The van der Waals surface area contributed by atoms with E-state index >= 15 is 0 Å². The maximum absolute atomic E-state index is 11.5. The Morgan fingerprint density at radius 2 is 1.52 bits per heavy atom. The summed E-state index contributed by atoms with van der Waals surface area (Å²) in [6.45, 7) is 2.74. The van der Waals surface area contributed by atoms with Crippen LogP contribution < -0.4 is 20.1 Å². The molecular weight excluding hydrogens is 653 g/mol. The zero-order chi connectivity index (χ0) is 33.4. The van der Waals surface area contributed by atoms with Gasteiger partial charge >= 0.3 is 0 Å². The molecule has 0 unspecified atom stereocenters. The number of hydrogen-bond donors (Lipinski definition) is 3. The summed E-state index contributed by atoms with van der Waals surface area (Å²) in [5, 5.41) is 17.3. The van der Waals surface area contributed by atoms with Gasteiger partial charge in [0, 0.05) is 66.4 Å². The number of methoxy groups -OCH3 is 2. The van der Waals surface area contributed by atoms with Gasteiger partial charge < -0.3 is 25.2 Å². The van der Waals surface area contributed by atoms with Crippen LogP contribution in [0.1, 0.15) is 37.1 Å².